The summed E-state index contributed by atoms with van der Waals surface area (Å²) < 4.78 is 0. The highest BCUT2D eigenvalue weighted by Crippen LogP contribution is 2.22. The number of aromatic nitrogens is 1. The first-order chi connectivity index (χ1) is 13.5. The maximum Gasteiger partial charge on any atom is 0.326 e. The van der Waals surface area contributed by atoms with Crippen LogP contribution in [-0.4, -0.2) is 28.0 Å². The Kier molecular flexibility index (Phi) is 6.55. The number of carbonyl (C=O) groups excluding carboxylic acids is 1. The SMILES string of the molecule is C[C@@H](Cc1ccccc1)C(=O)N[C@@H](Cc1ccc(-c2cccs2)nc1)C(=O)O. The van der Waals surface area contributed by atoms with Gasteiger partial charge in [-0.05, 0) is 35.1 Å². The van der Waals surface area contributed by atoms with Crippen LogP contribution in [0.1, 0.15) is 18.1 Å². The maximum absolute atomic E-state index is 12.5. The van der Waals surface area contributed by atoms with Crippen LogP contribution < -0.4 is 5.32 Å². The number of hydrogen-bond acceptors (Lipinski definition) is 4. The number of aliphatic carboxylic acids is 1. The molecule has 0 fully saturated rings. The Hall–Kier alpha value is -2.99. The zero-order valence-electron chi connectivity index (χ0n) is 15.5. The van der Waals surface area contributed by atoms with Crippen molar-refractivity contribution in [3.63, 3.8) is 0 Å². The monoisotopic (exact) mass is 394 g/mol. The van der Waals surface area contributed by atoms with Crippen LogP contribution in [0.2, 0.25) is 0 Å². The van der Waals surface area contributed by atoms with E-state index in [0.717, 1.165) is 21.7 Å². The van der Waals surface area contributed by atoms with Gasteiger partial charge in [-0.25, -0.2) is 4.79 Å². The van der Waals surface area contributed by atoms with Crippen LogP contribution in [0, 0.1) is 5.92 Å². The smallest absolute Gasteiger partial charge is 0.326 e. The molecule has 1 amide bonds. The number of carbonyl (C=O) groups is 2. The first-order valence-electron chi connectivity index (χ1n) is 9.09. The molecular formula is C22H22N2O3S. The van der Waals surface area contributed by atoms with E-state index in [1.807, 2.05) is 60.0 Å². The van der Waals surface area contributed by atoms with E-state index >= 15 is 0 Å². The van der Waals surface area contributed by atoms with Gasteiger partial charge >= 0.3 is 5.97 Å². The van der Waals surface area contributed by atoms with E-state index in [9.17, 15) is 14.7 Å². The second-order valence-corrected chi connectivity index (χ2v) is 7.67. The van der Waals surface area contributed by atoms with Crippen molar-refractivity contribution in [3.8, 4) is 10.6 Å². The zero-order chi connectivity index (χ0) is 19.9. The molecule has 0 radical (unpaired) electrons. The molecule has 3 aromatic rings. The van der Waals surface area contributed by atoms with Crippen molar-refractivity contribution in [3.05, 3.63) is 77.3 Å². The van der Waals surface area contributed by atoms with Crippen molar-refractivity contribution < 1.29 is 14.7 Å². The van der Waals surface area contributed by atoms with Crippen molar-refractivity contribution in [1.29, 1.82) is 0 Å². The summed E-state index contributed by atoms with van der Waals surface area (Å²) in [5, 5.41) is 14.2. The van der Waals surface area contributed by atoms with Gasteiger partial charge in [0.15, 0.2) is 0 Å². The number of pyridine rings is 1. The third-order valence-corrected chi connectivity index (χ3v) is 5.38. The molecule has 3 rings (SSSR count). The Morgan fingerprint density at radius 3 is 2.43 bits per heavy atom. The summed E-state index contributed by atoms with van der Waals surface area (Å²) in [5.41, 5.74) is 2.67. The second kappa shape index (κ2) is 9.28. The summed E-state index contributed by atoms with van der Waals surface area (Å²) in [6, 6.07) is 16.4. The Morgan fingerprint density at radius 2 is 1.82 bits per heavy atom. The van der Waals surface area contributed by atoms with Gasteiger partial charge in [0.05, 0.1) is 10.6 Å². The fourth-order valence-corrected chi connectivity index (χ4v) is 3.63. The molecule has 2 aromatic heterocycles. The van der Waals surface area contributed by atoms with Crippen LogP contribution in [0.15, 0.2) is 66.2 Å². The highest BCUT2D eigenvalue weighted by Gasteiger charge is 2.23. The minimum atomic E-state index is -1.05. The lowest BCUT2D eigenvalue weighted by atomic mass is 9.99. The Labute approximate surface area is 168 Å². The first kappa shape index (κ1) is 19.8. The number of carboxylic acids is 1. The van der Waals surface area contributed by atoms with Gasteiger partial charge in [0, 0.05) is 18.5 Å². The molecule has 0 aliphatic carbocycles. The van der Waals surface area contributed by atoms with E-state index in [-0.39, 0.29) is 18.2 Å². The molecular weight excluding hydrogens is 372 g/mol. The Bertz CT molecular complexity index is 909. The number of amides is 1. The molecule has 0 saturated carbocycles. The standard InChI is InChI=1S/C22H22N2O3S/c1-15(12-16-6-3-2-4-7-16)21(25)24-19(22(26)27)13-17-9-10-18(23-14-17)20-8-5-11-28-20/h2-11,14-15,19H,12-13H2,1H3,(H,24,25)(H,26,27)/t15-,19-/m0/s1. The van der Waals surface area contributed by atoms with E-state index in [2.05, 4.69) is 10.3 Å². The third kappa shape index (κ3) is 5.27. The van der Waals surface area contributed by atoms with E-state index in [1.165, 1.54) is 0 Å². The van der Waals surface area contributed by atoms with Crippen LogP contribution in [0.5, 0.6) is 0 Å². The molecule has 2 atom stereocenters. The summed E-state index contributed by atoms with van der Waals surface area (Å²) in [6.07, 6.45) is 2.43. The molecule has 1 aromatic carbocycles. The molecule has 5 nitrogen and oxygen atoms in total. The third-order valence-electron chi connectivity index (χ3n) is 4.49. The number of thiophene rings is 1. The number of nitrogens with zero attached hydrogens (tertiary/aromatic N) is 1. The number of nitrogens with one attached hydrogen (secondary N) is 1. The fraction of sp³-hybridized carbons (Fsp3) is 0.227. The van der Waals surface area contributed by atoms with Crippen LogP contribution in [0.3, 0.4) is 0 Å². The summed E-state index contributed by atoms with van der Waals surface area (Å²) in [7, 11) is 0. The van der Waals surface area contributed by atoms with Crippen LogP contribution in [0.25, 0.3) is 10.6 Å². The highest BCUT2D eigenvalue weighted by atomic mass is 32.1. The van der Waals surface area contributed by atoms with Crippen molar-refractivity contribution in [2.45, 2.75) is 25.8 Å². The lowest BCUT2D eigenvalue weighted by molar-refractivity contribution is -0.142. The summed E-state index contributed by atoms with van der Waals surface area (Å²) >= 11 is 1.60. The van der Waals surface area contributed by atoms with Crippen LogP contribution in [0.4, 0.5) is 0 Å². The van der Waals surface area contributed by atoms with Crippen LogP contribution in [-0.2, 0) is 22.4 Å². The average Bonchev–Trinajstić information content (AvgIpc) is 3.23. The van der Waals surface area contributed by atoms with E-state index in [4.69, 9.17) is 0 Å². The molecule has 0 spiro atoms. The topological polar surface area (TPSA) is 79.3 Å². The Morgan fingerprint density at radius 1 is 1.04 bits per heavy atom. The molecule has 0 bridgehead atoms. The van der Waals surface area contributed by atoms with E-state index < -0.39 is 12.0 Å². The minimum Gasteiger partial charge on any atom is -0.480 e. The van der Waals surface area contributed by atoms with E-state index in [0.29, 0.717) is 6.42 Å². The lowest BCUT2D eigenvalue weighted by Crippen LogP contribution is -2.44. The van der Waals surface area contributed by atoms with Gasteiger partial charge in [0.1, 0.15) is 6.04 Å². The zero-order valence-corrected chi connectivity index (χ0v) is 16.4. The molecule has 0 saturated heterocycles. The number of carboxylic acid groups (broad SMARTS) is 1. The van der Waals surface area contributed by atoms with Gasteiger partial charge < -0.3 is 10.4 Å². The minimum absolute atomic E-state index is 0.191. The molecule has 2 N–H and O–H groups in total. The highest BCUT2D eigenvalue weighted by molar-refractivity contribution is 7.13. The Balaban J connectivity index is 1.61. The normalized spacial score (nSPS) is 12.9. The van der Waals surface area contributed by atoms with Gasteiger partial charge in [-0.1, -0.05) is 49.4 Å². The summed E-state index contributed by atoms with van der Waals surface area (Å²) in [5.74, 6) is -1.63. The molecule has 6 heteroatoms. The molecule has 0 unspecified atom stereocenters. The van der Waals surface area contributed by atoms with Crippen molar-refractivity contribution >= 4 is 23.2 Å². The molecule has 0 aliphatic rings. The first-order valence-corrected chi connectivity index (χ1v) is 9.97. The van der Waals surface area contributed by atoms with Gasteiger partial charge in [0.25, 0.3) is 0 Å². The van der Waals surface area contributed by atoms with Gasteiger partial charge in [0.2, 0.25) is 5.91 Å². The van der Waals surface area contributed by atoms with Gasteiger partial charge in [-0.2, -0.15) is 0 Å². The largest absolute Gasteiger partial charge is 0.480 e. The number of rotatable bonds is 8. The average molecular weight is 394 g/mol. The quantitative estimate of drug-likeness (QED) is 0.609. The summed E-state index contributed by atoms with van der Waals surface area (Å²) in [4.78, 5) is 29.6. The van der Waals surface area contributed by atoms with Gasteiger partial charge in [-0.3, -0.25) is 9.78 Å². The lowest BCUT2D eigenvalue weighted by Gasteiger charge is -2.18. The maximum atomic E-state index is 12.5. The van der Waals surface area contributed by atoms with Crippen molar-refractivity contribution in [1.82, 2.24) is 10.3 Å². The predicted molar refractivity (Wildman–Crippen MR) is 110 cm³/mol. The molecule has 144 valence electrons. The molecule has 0 aliphatic heterocycles. The fourth-order valence-electron chi connectivity index (χ4n) is 2.93. The molecule has 28 heavy (non-hydrogen) atoms. The van der Waals surface area contributed by atoms with Crippen molar-refractivity contribution in [2.75, 3.05) is 0 Å². The van der Waals surface area contributed by atoms with E-state index in [1.54, 1.807) is 24.5 Å². The number of hydrogen-bond donors (Lipinski definition) is 2. The summed E-state index contributed by atoms with van der Waals surface area (Å²) in [6.45, 7) is 1.80. The van der Waals surface area contributed by atoms with Crippen LogP contribution >= 0.6 is 11.3 Å². The number of benzene rings is 1. The second-order valence-electron chi connectivity index (χ2n) is 6.72. The predicted octanol–water partition coefficient (Wildman–Crippen LogP) is 3.80. The van der Waals surface area contributed by atoms with Crippen molar-refractivity contribution in [2.24, 2.45) is 5.92 Å². The van der Waals surface area contributed by atoms with Gasteiger partial charge in [-0.15, -0.1) is 11.3 Å². The molecule has 2 heterocycles.